The summed E-state index contributed by atoms with van der Waals surface area (Å²) in [5.74, 6) is -4.71. The number of amides is 2. The Morgan fingerprint density at radius 3 is 1.33 bits per heavy atom. The predicted octanol–water partition coefficient (Wildman–Crippen LogP) is 0.775. The van der Waals surface area contributed by atoms with E-state index in [2.05, 4.69) is 9.97 Å². The monoisotopic (exact) mass is 932 g/mol. The van der Waals surface area contributed by atoms with Crippen molar-refractivity contribution in [3.63, 3.8) is 0 Å². The topological polar surface area (TPSA) is 201 Å². The SMILES string of the molecule is CC1(C)[C@H](C(=O)OC(c2ccccc2)c2ccccc2)N2C(=O)/C(=C(/c3ccccn3)C(F)F)[C@H]2S1(=O)=O.CC1(C)[C@H](C(=O)[O-])N2C(=O)/C(=C(/c3ccccn3)C(F)F)[C@H]2S1(=O)=O.[Na+]. The van der Waals surface area contributed by atoms with Crippen LogP contribution in [-0.4, -0.2) is 106 Å². The Morgan fingerprint density at radius 2 is 0.984 bits per heavy atom. The van der Waals surface area contributed by atoms with Gasteiger partial charge < -0.3 is 24.4 Å². The Balaban J connectivity index is 0.000000227. The normalized spacial score (nSPS) is 24.6. The van der Waals surface area contributed by atoms with E-state index in [-0.39, 0.29) is 40.9 Å². The number of pyridine rings is 2. The molecule has 4 fully saturated rings. The van der Waals surface area contributed by atoms with Crippen LogP contribution in [0.25, 0.3) is 11.1 Å². The maximum atomic E-state index is 14.2. The van der Waals surface area contributed by atoms with Gasteiger partial charge in [0.1, 0.15) is 4.75 Å². The third-order valence-electron chi connectivity index (χ3n) is 11.6. The fourth-order valence-electron chi connectivity index (χ4n) is 8.35. The molecule has 8 rings (SSSR count). The summed E-state index contributed by atoms with van der Waals surface area (Å²) in [4.78, 5) is 59.9. The second-order valence-corrected chi connectivity index (χ2v) is 21.1. The van der Waals surface area contributed by atoms with Gasteiger partial charge in [0.15, 0.2) is 42.6 Å². The number of esters is 1. The fraction of sp³-hybridized carbons (Fsp3) is 0.302. The van der Waals surface area contributed by atoms with E-state index in [1.165, 1.54) is 62.6 Å². The third-order valence-corrected chi connectivity index (χ3v) is 17.1. The first-order valence-electron chi connectivity index (χ1n) is 19.1. The number of carboxylic acids is 1. The number of allylic oxidation sites excluding steroid dienone is 2. The number of aliphatic carboxylic acids is 1. The van der Waals surface area contributed by atoms with Crippen LogP contribution >= 0.6 is 0 Å². The van der Waals surface area contributed by atoms with E-state index in [1.807, 2.05) is 0 Å². The Bertz CT molecular complexity index is 2740. The number of carboxylic acid groups (broad SMARTS) is 1. The average Bonchev–Trinajstić information content (AvgIpc) is 3.49. The van der Waals surface area contributed by atoms with Crippen molar-refractivity contribution in [2.24, 2.45) is 0 Å². The van der Waals surface area contributed by atoms with E-state index in [0.29, 0.717) is 16.0 Å². The molecule has 330 valence electrons. The molecule has 0 bridgehead atoms. The van der Waals surface area contributed by atoms with Crippen LogP contribution in [-0.2, 0) is 43.6 Å². The summed E-state index contributed by atoms with van der Waals surface area (Å²) in [5, 5.41) is 7.92. The van der Waals surface area contributed by atoms with Gasteiger partial charge in [-0.2, -0.15) is 0 Å². The van der Waals surface area contributed by atoms with Gasteiger partial charge in [0.2, 0.25) is 0 Å². The molecule has 0 aliphatic carbocycles. The minimum Gasteiger partial charge on any atom is -0.548 e. The summed E-state index contributed by atoms with van der Waals surface area (Å²) < 4.78 is 110. The molecule has 0 radical (unpaired) electrons. The molecule has 6 heterocycles. The summed E-state index contributed by atoms with van der Waals surface area (Å²) in [5.41, 5.74) is -1.89. The van der Waals surface area contributed by atoms with Gasteiger partial charge >= 0.3 is 35.5 Å². The molecule has 0 unspecified atom stereocenters. The van der Waals surface area contributed by atoms with Crippen LogP contribution in [0.2, 0.25) is 0 Å². The number of nitrogens with zero attached hydrogens (tertiary/aromatic N) is 4. The Hall–Kier alpha value is -5.28. The molecule has 64 heavy (non-hydrogen) atoms. The third kappa shape index (κ3) is 7.55. The standard InChI is InChI=1S/C28H24F2N2O5S.C15H14F2N2O5S.Na/c1-28(2)23(27(34)37-22(17-11-5-3-6-12-17)18-13-7-4-8-14-18)32-25(33)21(26(32)38(28,35)36)20(24(29)30)19-15-9-10-16-31-19;1-15(2)10(14(21)22)19-12(20)9(13(19)25(15,23)24)8(11(16)17)7-5-3-4-6-18-7;/h3-16,22-24,26H,1-2H3;3-6,10-11,13H,1-2H3,(H,21,22);/q;;+1/p-1/b21-20+;9-8+;/t23-,26+;10-,13+;/m00./s1. The number of fused-ring (bicyclic) bond motifs is 2. The molecule has 0 spiro atoms. The van der Waals surface area contributed by atoms with Crippen LogP contribution in [0.3, 0.4) is 0 Å². The van der Waals surface area contributed by atoms with Gasteiger partial charge in [-0.1, -0.05) is 72.8 Å². The zero-order chi connectivity index (χ0) is 46.0. The molecule has 2 aromatic heterocycles. The zero-order valence-electron chi connectivity index (χ0n) is 34.6. The number of aromatic nitrogens is 2. The number of ether oxygens (including phenoxy) is 1. The van der Waals surface area contributed by atoms with Crippen molar-refractivity contribution in [1.82, 2.24) is 19.8 Å². The van der Waals surface area contributed by atoms with Crippen molar-refractivity contribution < 1.29 is 93.0 Å². The van der Waals surface area contributed by atoms with Gasteiger partial charge in [-0.25, -0.2) is 39.2 Å². The van der Waals surface area contributed by atoms with Gasteiger partial charge in [0.25, 0.3) is 24.7 Å². The van der Waals surface area contributed by atoms with Gasteiger partial charge in [-0.3, -0.25) is 19.6 Å². The van der Waals surface area contributed by atoms with Crippen molar-refractivity contribution in [1.29, 1.82) is 0 Å². The van der Waals surface area contributed by atoms with E-state index >= 15 is 0 Å². The van der Waals surface area contributed by atoms with E-state index in [9.17, 15) is 58.7 Å². The largest absolute Gasteiger partial charge is 1.00 e. The maximum Gasteiger partial charge on any atom is 1.00 e. The number of alkyl halides is 4. The summed E-state index contributed by atoms with van der Waals surface area (Å²) in [7, 11) is -8.57. The molecule has 2 amide bonds. The average molecular weight is 933 g/mol. The Morgan fingerprint density at radius 1 is 0.625 bits per heavy atom. The van der Waals surface area contributed by atoms with Crippen LogP contribution < -0.4 is 34.7 Å². The van der Waals surface area contributed by atoms with Crippen LogP contribution in [0.15, 0.2) is 121 Å². The van der Waals surface area contributed by atoms with E-state index in [1.54, 1.807) is 60.7 Å². The molecule has 0 saturated carbocycles. The van der Waals surface area contributed by atoms with Crippen LogP contribution in [0.4, 0.5) is 17.6 Å². The first kappa shape index (κ1) is 48.2. The molecule has 4 aliphatic heterocycles. The number of hydrogen-bond donors (Lipinski definition) is 0. The van der Waals surface area contributed by atoms with Crippen molar-refractivity contribution in [2.75, 3.05) is 0 Å². The second kappa shape index (κ2) is 17.6. The Kier molecular flexibility index (Phi) is 13.2. The van der Waals surface area contributed by atoms with E-state index in [0.717, 1.165) is 18.7 Å². The quantitative estimate of drug-likeness (QED) is 0.0753. The Labute approximate surface area is 387 Å². The minimum absolute atomic E-state index is 0. The number of rotatable bonds is 9. The number of carbonyl (C=O) groups excluding carboxylic acids is 4. The number of carbonyl (C=O) groups is 4. The van der Waals surface area contributed by atoms with Gasteiger partial charge in [-0.15, -0.1) is 0 Å². The van der Waals surface area contributed by atoms with Gasteiger partial charge in [-0.05, 0) is 63.1 Å². The van der Waals surface area contributed by atoms with Crippen molar-refractivity contribution in [3.05, 3.63) is 143 Å². The predicted molar refractivity (Wildman–Crippen MR) is 215 cm³/mol. The van der Waals surface area contributed by atoms with Crippen LogP contribution in [0, 0.1) is 0 Å². The number of halogens is 4. The minimum atomic E-state index is -4.31. The summed E-state index contributed by atoms with van der Waals surface area (Å²) in [6.45, 7) is 4.88. The second-order valence-electron chi connectivity index (χ2n) is 15.9. The molecular weight excluding hydrogens is 896 g/mol. The number of sulfone groups is 2. The summed E-state index contributed by atoms with van der Waals surface area (Å²) in [6.07, 6.45) is -4.68. The van der Waals surface area contributed by atoms with E-state index < -0.39 is 117 Å². The first-order valence-corrected chi connectivity index (χ1v) is 22.2. The fourth-order valence-corrected chi connectivity index (χ4v) is 12.7. The number of hydrogen-bond acceptors (Lipinski definition) is 12. The van der Waals surface area contributed by atoms with Crippen molar-refractivity contribution in [3.8, 4) is 0 Å². The molecule has 21 heteroatoms. The smallest absolute Gasteiger partial charge is 0.548 e. The zero-order valence-corrected chi connectivity index (χ0v) is 38.3. The summed E-state index contributed by atoms with van der Waals surface area (Å²) >= 11 is 0. The van der Waals surface area contributed by atoms with Gasteiger partial charge in [0, 0.05) is 12.4 Å². The van der Waals surface area contributed by atoms with Gasteiger partial charge in [0.05, 0.1) is 50.4 Å². The molecule has 4 saturated heterocycles. The molecule has 14 nitrogen and oxygen atoms in total. The van der Waals surface area contributed by atoms with Crippen molar-refractivity contribution in [2.45, 2.75) is 79.0 Å². The molecule has 0 N–H and O–H groups in total. The molecule has 2 aromatic carbocycles. The molecular formula is C43H37F4N4NaO10S2. The first-order chi connectivity index (χ1) is 29.6. The molecule has 4 aromatic rings. The van der Waals surface area contributed by atoms with Crippen LogP contribution in [0.1, 0.15) is 56.3 Å². The number of β-lactam (4-membered cyclic amide) rings is 2. The van der Waals surface area contributed by atoms with E-state index in [4.69, 9.17) is 4.74 Å². The van der Waals surface area contributed by atoms with Crippen LogP contribution in [0.5, 0.6) is 0 Å². The number of benzene rings is 2. The van der Waals surface area contributed by atoms with Crippen molar-refractivity contribution >= 4 is 54.6 Å². The molecule has 4 atom stereocenters. The maximum absolute atomic E-state index is 14.2. The summed E-state index contributed by atoms with van der Waals surface area (Å²) in [6, 6.07) is 22.9. The molecule has 4 aliphatic rings.